The number of rotatable bonds is 3. The van der Waals surface area contributed by atoms with E-state index in [1.54, 1.807) is 12.1 Å². The van der Waals surface area contributed by atoms with Crippen molar-refractivity contribution in [2.45, 2.75) is 4.90 Å². The summed E-state index contributed by atoms with van der Waals surface area (Å²) in [5.74, 6) is -0.490. The Morgan fingerprint density at radius 1 is 1.28 bits per heavy atom. The Morgan fingerprint density at radius 2 is 2.06 bits per heavy atom. The molecule has 0 aliphatic carbocycles. The number of anilines is 1. The van der Waals surface area contributed by atoms with E-state index in [9.17, 15) is 13.6 Å². The molecule has 0 spiro atoms. The van der Waals surface area contributed by atoms with Crippen molar-refractivity contribution in [3.63, 3.8) is 0 Å². The lowest BCUT2D eigenvalue weighted by Gasteiger charge is -2.12. The summed E-state index contributed by atoms with van der Waals surface area (Å²) in [4.78, 5) is 19.3. The molecule has 1 amide bonds. The summed E-state index contributed by atoms with van der Waals surface area (Å²) in [5.41, 5.74) is 0.380. The van der Waals surface area contributed by atoms with E-state index in [4.69, 9.17) is 0 Å². The van der Waals surface area contributed by atoms with Gasteiger partial charge in [0.15, 0.2) is 0 Å². The Kier molecular flexibility index (Phi) is 3.75. The number of carbonyl (C=O) groups is 1. The Morgan fingerprint density at radius 3 is 2.72 bits per heavy atom. The summed E-state index contributed by atoms with van der Waals surface area (Å²) in [6, 6.07) is 7.55. The fourth-order valence-corrected chi connectivity index (χ4v) is 1.81. The molecule has 0 aliphatic heterocycles. The van der Waals surface area contributed by atoms with Crippen molar-refractivity contribution in [3.8, 4) is 0 Å². The van der Waals surface area contributed by atoms with Crippen molar-refractivity contribution in [1.82, 2.24) is 9.97 Å². The molecule has 92 valence electrons. The quantitative estimate of drug-likeness (QED) is 0.831. The zero-order valence-corrected chi connectivity index (χ0v) is 9.89. The highest BCUT2D eigenvalue weighted by Crippen LogP contribution is 2.18. The fraction of sp³-hybridized carbons (Fsp3) is 0. The van der Waals surface area contributed by atoms with Crippen LogP contribution in [0.25, 0.3) is 0 Å². The zero-order chi connectivity index (χ0) is 13.0. The van der Waals surface area contributed by atoms with Gasteiger partial charge in [-0.25, -0.2) is 9.97 Å². The third kappa shape index (κ3) is 2.76. The van der Waals surface area contributed by atoms with Gasteiger partial charge >= 0.3 is 0 Å². The molecule has 1 aromatic carbocycles. The summed E-state index contributed by atoms with van der Waals surface area (Å²) in [6.45, 7) is 0. The highest BCUT2D eigenvalue weighted by Gasteiger charge is 2.09. The molecule has 0 aliphatic rings. The third-order valence-corrected chi connectivity index (χ3v) is 2.84. The Hall–Kier alpha value is -2.12. The minimum atomic E-state index is -2.41. The summed E-state index contributed by atoms with van der Waals surface area (Å²) < 4.78 is 21.9. The fourth-order valence-electron chi connectivity index (χ4n) is 1.33. The van der Waals surface area contributed by atoms with E-state index in [2.05, 4.69) is 15.3 Å². The van der Waals surface area contributed by atoms with Crippen LogP contribution < -0.4 is 5.32 Å². The van der Waals surface area contributed by atoms with Gasteiger partial charge in [0.2, 0.25) is 0 Å². The summed E-state index contributed by atoms with van der Waals surface area (Å²) >= 11 is -2.41. The van der Waals surface area contributed by atoms with Gasteiger partial charge in [-0.2, -0.15) is 0 Å². The zero-order valence-electron chi connectivity index (χ0n) is 9.07. The number of hydrogen-bond acceptors (Lipinski definition) is 5. The van der Waals surface area contributed by atoms with Crippen LogP contribution in [-0.2, 0) is 11.1 Å². The van der Waals surface area contributed by atoms with Crippen molar-refractivity contribution < 1.29 is 13.6 Å². The molecule has 7 heteroatoms. The molecule has 1 unspecified atom stereocenters. The van der Waals surface area contributed by atoms with E-state index in [1.807, 2.05) is 0 Å². The second kappa shape index (κ2) is 5.48. The predicted octanol–water partition coefficient (Wildman–Crippen LogP) is 0.967. The van der Waals surface area contributed by atoms with E-state index in [-0.39, 0.29) is 16.3 Å². The van der Waals surface area contributed by atoms with Gasteiger partial charge in [0.05, 0.1) is 5.69 Å². The molecular formula is C11H8N3O3S-. The van der Waals surface area contributed by atoms with Gasteiger partial charge in [-0.05, 0) is 29.3 Å². The topological polar surface area (TPSA) is 95.0 Å². The molecule has 2 rings (SSSR count). The molecule has 1 aromatic heterocycles. The molecule has 1 atom stereocenters. The maximum Gasteiger partial charge on any atom is 0.274 e. The molecule has 2 aromatic rings. The lowest BCUT2D eigenvalue weighted by Crippen LogP contribution is -2.15. The lowest BCUT2D eigenvalue weighted by molar-refractivity contribution is 0.102. The van der Waals surface area contributed by atoms with Crippen LogP contribution in [-0.4, -0.2) is 24.6 Å². The molecule has 1 heterocycles. The smallest absolute Gasteiger partial charge is 0.274 e. The molecule has 0 bridgehead atoms. The maximum absolute atomic E-state index is 11.8. The summed E-state index contributed by atoms with van der Waals surface area (Å²) in [7, 11) is 0. The second-order valence-corrected chi connectivity index (χ2v) is 4.19. The molecule has 18 heavy (non-hydrogen) atoms. The van der Waals surface area contributed by atoms with Crippen molar-refractivity contribution >= 4 is 22.7 Å². The second-order valence-electron chi connectivity index (χ2n) is 3.28. The number of para-hydroxylation sites is 1. The van der Waals surface area contributed by atoms with Gasteiger partial charge in [0, 0.05) is 11.1 Å². The number of hydrogen-bond donors (Lipinski definition) is 1. The maximum atomic E-state index is 11.8. The minimum Gasteiger partial charge on any atom is -0.768 e. The molecule has 0 radical (unpaired) electrons. The molecule has 0 saturated carbocycles. The molecular weight excluding hydrogens is 254 g/mol. The first-order chi connectivity index (χ1) is 8.68. The number of nitrogens with zero attached hydrogens (tertiary/aromatic N) is 2. The highest BCUT2D eigenvalue weighted by atomic mass is 32.2. The number of amides is 1. The van der Waals surface area contributed by atoms with Crippen LogP contribution in [0.4, 0.5) is 5.69 Å². The average molecular weight is 262 g/mol. The average Bonchev–Trinajstić information content (AvgIpc) is 2.40. The summed E-state index contributed by atoms with van der Waals surface area (Å²) in [6.07, 6.45) is 2.67. The van der Waals surface area contributed by atoms with Gasteiger partial charge in [0.25, 0.3) is 5.91 Å². The van der Waals surface area contributed by atoms with E-state index >= 15 is 0 Å². The van der Waals surface area contributed by atoms with Crippen LogP contribution >= 0.6 is 0 Å². The molecule has 0 fully saturated rings. The van der Waals surface area contributed by atoms with E-state index < -0.39 is 17.0 Å². The Bertz CT molecular complexity index is 589. The van der Waals surface area contributed by atoms with Crippen LogP contribution in [0.15, 0.2) is 47.8 Å². The largest absolute Gasteiger partial charge is 0.768 e. The van der Waals surface area contributed by atoms with Crippen LogP contribution in [0.2, 0.25) is 0 Å². The molecule has 1 N–H and O–H groups in total. The third-order valence-electron chi connectivity index (χ3n) is 2.13. The highest BCUT2D eigenvalue weighted by molar-refractivity contribution is 7.79. The molecule has 0 saturated heterocycles. The van der Waals surface area contributed by atoms with Crippen LogP contribution in [0.3, 0.4) is 0 Å². The Labute approximate surface area is 105 Å². The number of benzene rings is 1. The monoisotopic (exact) mass is 262 g/mol. The Balaban J connectivity index is 2.25. The van der Waals surface area contributed by atoms with Crippen LogP contribution in [0.1, 0.15) is 10.5 Å². The van der Waals surface area contributed by atoms with Crippen LogP contribution in [0.5, 0.6) is 0 Å². The van der Waals surface area contributed by atoms with Gasteiger partial charge in [-0.1, -0.05) is 12.1 Å². The first-order valence-electron chi connectivity index (χ1n) is 4.94. The van der Waals surface area contributed by atoms with Gasteiger partial charge in [0.1, 0.15) is 12.0 Å². The van der Waals surface area contributed by atoms with E-state index in [0.717, 1.165) is 0 Å². The first-order valence-corrected chi connectivity index (χ1v) is 6.01. The first kappa shape index (κ1) is 12.3. The van der Waals surface area contributed by atoms with Crippen molar-refractivity contribution in [2.75, 3.05) is 5.32 Å². The van der Waals surface area contributed by atoms with Crippen molar-refractivity contribution in [2.24, 2.45) is 0 Å². The normalized spacial score (nSPS) is 11.8. The number of aromatic nitrogens is 2. The standard InChI is InChI=1S/C11H9N3O3S/c15-11(9-5-6-12-7-13-9)14-8-3-1-2-4-10(8)18(16)17/h1-7H,(H,14,15)(H,16,17)/p-1. The van der Waals surface area contributed by atoms with Crippen molar-refractivity contribution in [1.29, 1.82) is 0 Å². The SMILES string of the molecule is O=C(Nc1ccccc1S(=O)[O-])c1ccncn1. The number of nitrogens with one attached hydrogen (secondary N) is 1. The van der Waals surface area contributed by atoms with Gasteiger partial charge in [-0.3, -0.25) is 9.00 Å². The van der Waals surface area contributed by atoms with Crippen LogP contribution in [0, 0.1) is 0 Å². The molecule has 6 nitrogen and oxygen atoms in total. The number of carbonyl (C=O) groups excluding carboxylic acids is 1. The van der Waals surface area contributed by atoms with E-state index in [1.165, 1.54) is 30.7 Å². The van der Waals surface area contributed by atoms with Gasteiger partial charge < -0.3 is 9.87 Å². The van der Waals surface area contributed by atoms with Gasteiger partial charge in [-0.15, -0.1) is 0 Å². The minimum absolute atomic E-state index is 0.0277. The van der Waals surface area contributed by atoms with E-state index in [0.29, 0.717) is 0 Å². The lowest BCUT2D eigenvalue weighted by atomic mass is 10.3. The summed E-state index contributed by atoms with van der Waals surface area (Å²) in [5, 5.41) is 2.49. The predicted molar refractivity (Wildman–Crippen MR) is 63.6 cm³/mol. The van der Waals surface area contributed by atoms with Crippen molar-refractivity contribution in [3.05, 3.63) is 48.5 Å².